The zero-order valence-electron chi connectivity index (χ0n) is 7.07. The Labute approximate surface area is 79.7 Å². The van der Waals surface area contributed by atoms with Crippen molar-refractivity contribution >= 4 is 12.0 Å². The Morgan fingerprint density at radius 2 is 2.29 bits per heavy atom. The predicted octanol–water partition coefficient (Wildman–Crippen LogP) is 1.80. The van der Waals surface area contributed by atoms with Crippen molar-refractivity contribution in [3.05, 3.63) is 41.2 Å². The third-order valence-electron chi connectivity index (χ3n) is 1.54. The van der Waals surface area contributed by atoms with Crippen LogP contribution in [-0.2, 0) is 4.79 Å². The molecule has 70 valence electrons. The second kappa shape index (κ2) is 4.19. The number of carboxylic acids is 1. The van der Waals surface area contributed by atoms with Gasteiger partial charge in [0.05, 0.1) is 11.6 Å². The lowest BCUT2D eigenvalue weighted by atomic mass is 10.1. The zero-order chi connectivity index (χ0) is 10.6. The van der Waals surface area contributed by atoms with Crippen LogP contribution in [0.1, 0.15) is 11.1 Å². The van der Waals surface area contributed by atoms with E-state index in [0.717, 1.165) is 12.1 Å². The number of nitriles is 1. The molecule has 1 rings (SSSR count). The van der Waals surface area contributed by atoms with Gasteiger partial charge in [-0.25, -0.2) is 9.18 Å². The second-order valence-corrected chi connectivity index (χ2v) is 2.51. The topological polar surface area (TPSA) is 61.1 Å². The van der Waals surface area contributed by atoms with E-state index in [0.29, 0.717) is 5.56 Å². The maximum Gasteiger partial charge on any atom is 0.328 e. The average molecular weight is 191 g/mol. The summed E-state index contributed by atoms with van der Waals surface area (Å²) < 4.78 is 12.6. The van der Waals surface area contributed by atoms with Crippen LogP contribution in [0.5, 0.6) is 0 Å². The maximum atomic E-state index is 12.6. The average Bonchev–Trinajstić information content (AvgIpc) is 2.15. The van der Waals surface area contributed by atoms with Crippen LogP contribution in [0.25, 0.3) is 6.08 Å². The molecule has 0 unspecified atom stereocenters. The van der Waals surface area contributed by atoms with Gasteiger partial charge in [0, 0.05) is 6.08 Å². The lowest BCUT2D eigenvalue weighted by Crippen LogP contribution is -1.88. The SMILES string of the molecule is N#Cc1cc(F)ccc1/C=C/C(=O)O. The lowest BCUT2D eigenvalue weighted by Gasteiger charge is -1.96. The van der Waals surface area contributed by atoms with E-state index < -0.39 is 11.8 Å². The quantitative estimate of drug-likeness (QED) is 0.725. The van der Waals surface area contributed by atoms with Crippen molar-refractivity contribution in [2.75, 3.05) is 0 Å². The van der Waals surface area contributed by atoms with Crippen LogP contribution in [0.2, 0.25) is 0 Å². The Bertz CT molecular complexity index is 432. The van der Waals surface area contributed by atoms with E-state index in [9.17, 15) is 9.18 Å². The van der Waals surface area contributed by atoms with Crippen molar-refractivity contribution in [2.45, 2.75) is 0 Å². The van der Waals surface area contributed by atoms with Crippen LogP contribution in [0, 0.1) is 17.1 Å². The van der Waals surface area contributed by atoms with Crippen LogP contribution >= 0.6 is 0 Å². The van der Waals surface area contributed by atoms with Crippen molar-refractivity contribution in [1.29, 1.82) is 5.26 Å². The van der Waals surface area contributed by atoms with Crippen molar-refractivity contribution in [2.24, 2.45) is 0 Å². The highest BCUT2D eigenvalue weighted by atomic mass is 19.1. The molecule has 0 radical (unpaired) electrons. The lowest BCUT2D eigenvalue weighted by molar-refractivity contribution is -0.131. The summed E-state index contributed by atoms with van der Waals surface area (Å²) in [4.78, 5) is 10.2. The Hall–Kier alpha value is -2.15. The van der Waals surface area contributed by atoms with E-state index in [4.69, 9.17) is 10.4 Å². The first-order chi connectivity index (χ1) is 6.63. The van der Waals surface area contributed by atoms with Gasteiger partial charge in [0.2, 0.25) is 0 Å². The number of carbonyl (C=O) groups is 1. The second-order valence-electron chi connectivity index (χ2n) is 2.51. The number of halogens is 1. The Morgan fingerprint density at radius 1 is 1.57 bits per heavy atom. The molecule has 1 aromatic carbocycles. The molecule has 0 saturated heterocycles. The molecule has 1 aromatic rings. The van der Waals surface area contributed by atoms with Crippen molar-refractivity contribution in [3.63, 3.8) is 0 Å². The van der Waals surface area contributed by atoms with E-state index in [-0.39, 0.29) is 5.56 Å². The van der Waals surface area contributed by atoms with E-state index in [1.807, 2.05) is 0 Å². The van der Waals surface area contributed by atoms with E-state index >= 15 is 0 Å². The highest BCUT2D eigenvalue weighted by Gasteiger charge is 2.00. The summed E-state index contributed by atoms with van der Waals surface area (Å²) >= 11 is 0. The fourth-order valence-electron chi connectivity index (χ4n) is 0.932. The first kappa shape index (κ1) is 9.93. The summed E-state index contributed by atoms with van der Waals surface area (Å²) in [5.41, 5.74) is 0.499. The number of hydrogen-bond donors (Lipinski definition) is 1. The van der Waals surface area contributed by atoms with Crippen LogP contribution in [0.15, 0.2) is 24.3 Å². The van der Waals surface area contributed by atoms with Gasteiger partial charge in [0.25, 0.3) is 0 Å². The summed E-state index contributed by atoms with van der Waals surface area (Å²) in [6.45, 7) is 0. The molecule has 0 aliphatic carbocycles. The van der Waals surface area contributed by atoms with Gasteiger partial charge in [-0.3, -0.25) is 0 Å². The van der Waals surface area contributed by atoms with Crippen molar-refractivity contribution in [1.82, 2.24) is 0 Å². The van der Waals surface area contributed by atoms with Crippen LogP contribution < -0.4 is 0 Å². The van der Waals surface area contributed by atoms with E-state index in [1.165, 1.54) is 18.2 Å². The molecule has 4 heteroatoms. The molecule has 0 aliphatic rings. The summed E-state index contributed by atoms with van der Waals surface area (Å²) in [6.07, 6.45) is 2.15. The summed E-state index contributed by atoms with van der Waals surface area (Å²) in [5, 5.41) is 17.0. The zero-order valence-corrected chi connectivity index (χ0v) is 7.07. The number of hydrogen-bond acceptors (Lipinski definition) is 2. The minimum Gasteiger partial charge on any atom is -0.478 e. The highest BCUT2D eigenvalue weighted by molar-refractivity contribution is 5.85. The van der Waals surface area contributed by atoms with E-state index in [1.54, 1.807) is 6.07 Å². The molecule has 0 aromatic heterocycles. The van der Waals surface area contributed by atoms with Gasteiger partial charge in [-0.05, 0) is 23.8 Å². The predicted molar refractivity (Wildman–Crippen MR) is 47.8 cm³/mol. The van der Waals surface area contributed by atoms with Gasteiger partial charge in [-0.2, -0.15) is 5.26 Å². The Morgan fingerprint density at radius 3 is 2.86 bits per heavy atom. The molecule has 0 bridgehead atoms. The van der Waals surface area contributed by atoms with Gasteiger partial charge in [0.1, 0.15) is 5.82 Å². The molecule has 3 nitrogen and oxygen atoms in total. The Kier molecular flexibility index (Phi) is 2.97. The minimum absolute atomic E-state index is 0.113. The fourth-order valence-corrected chi connectivity index (χ4v) is 0.932. The standard InChI is InChI=1S/C10H6FNO2/c11-9-3-1-7(2-4-10(13)14)8(5-9)6-12/h1-5H,(H,13,14)/b4-2+. The maximum absolute atomic E-state index is 12.6. The largest absolute Gasteiger partial charge is 0.478 e. The summed E-state index contributed by atoms with van der Waals surface area (Å²) in [6, 6.07) is 5.36. The van der Waals surface area contributed by atoms with Gasteiger partial charge >= 0.3 is 5.97 Å². The van der Waals surface area contributed by atoms with Gasteiger partial charge in [-0.1, -0.05) is 6.07 Å². The number of aliphatic carboxylic acids is 1. The first-order valence-electron chi connectivity index (χ1n) is 3.74. The molecule has 0 atom stereocenters. The molecule has 0 amide bonds. The van der Waals surface area contributed by atoms with Gasteiger partial charge in [0.15, 0.2) is 0 Å². The van der Waals surface area contributed by atoms with Crippen LogP contribution in [0.3, 0.4) is 0 Å². The fraction of sp³-hybridized carbons (Fsp3) is 0. The third-order valence-corrected chi connectivity index (χ3v) is 1.54. The van der Waals surface area contributed by atoms with Crippen LogP contribution in [0.4, 0.5) is 4.39 Å². The molecule has 1 N–H and O–H groups in total. The number of benzene rings is 1. The van der Waals surface area contributed by atoms with E-state index in [2.05, 4.69) is 0 Å². The van der Waals surface area contributed by atoms with Crippen LogP contribution in [-0.4, -0.2) is 11.1 Å². The molecule has 0 fully saturated rings. The Balaban J connectivity index is 3.10. The number of nitrogens with zero attached hydrogens (tertiary/aromatic N) is 1. The molecule has 0 heterocycles. The molecule has 14 heavy (non-hydrogen) atoms. The minimum atomic E-state index is -1.11. The normalized spacial score (nSPS) is 10.0. The molecular formula is C10H6FNO2. The highest BCUT2D eigenvalue weighted by Crippen LogP contribution is 2.11. The molecule has 0 saturated carbocycles. The monoisotopic (exact) mass is 191 g/mol. The summed E-state index contributed by atoms with van der Waals surface area (Å²) in [7, 11) is 0. The van der Waals surface area contributed by atoms with Crippen molar-refractivity contribution < 1.29 is 14.3 Å². The number of rotatable bonds is 2. The molecular weight excluding hydrogens is 185 g/mol. The van der Waals surface area contributed by atoms with Gasteiger partial charge < -0.3 is 5.11 Å². The number of carboxylic acid groups (broad SMARTS) is 1. The summed E-state index contributed by atoms with van der Waals surface area (Å²) in [5.74, 6) is -1.63. The smallest absolute Gasteiger partial charge is 0.328 e. The third kappa shape index (κ3) is 2.42. The molecule has 0 spiro atoms. The van der Waals surface area contributed by atoms with Gasteiger partial charge in [-0.15, -0.1) is 0 Å². The molecule has 0 aliphatic heterocycles. The van der Waals surface area contributed by atoms with Crippen molar-refractivity contribution in [3.8, 4) is 6.07 Å². The first-order valence-corrected chi connectivity index (χ1v) is 3.74.